The molecule has 0 fully saturated rings. The Bertz CT molecular complexity index is 392. The molecule has 1 aromatic carbocycles. The maximum atomic E-state index is 10.5. The van der Waals surface area contributed by atoms with E-state index >= 15 is 0 Å². The van der Waals surface area contributed by atoms with Crippen molar-refractivity contribution in [2.75, 3.05) is 14.2 Å². The number of hydrogen-bond donors (Lipinski definition) is 1. The van der Waals surface area contributed by atoms with Crippen molar-refractivity contribution < 1.29 is 19.4 Å². The van der Waals surface area contributed by atoms with Gasteiger partial charge in [0.2, 0.25) is 0 Å². The van der Waals surface area contributed by atoms with Crippen LogP contribution in [0.3, 0.4) is 0 Å². The molecule has 0 aliphatic heterocycles. The highest BCUT2D eigenvalue weighted by molar-refractivity contribution is 6.21. The third-order valence-electron chi connectivity index (χ3n) is 2.39. The topological polar surface area (TPSA) is 55.8 Å². The Morgan fingerprint density at radius 3 is 2.65 bits per heavy atom. The van der Waals surface area contributed by atoms with E-state index < -0.39 is 5.97 Å². The molecule has 0 amide bonds. The fourth-order valence-corrected chi connectivity index (χ4v) is 1.77. The summed E-state index contributed by atoms with van der Waals surface area (Å²) in [6.45, 7) is 0. The minimum atomic E-state index is -0.858. The van der Waals surface area contributed by atoms with E-state index in [1.165, 1.54) is 0 Å². The summed E-state index contributed by atoms with van der Waals surface area (Å²) >= 11 is 6.15. The molecule has 94 valence electrons. The summed E-state index contributed by atoms with van der Waals surface area (Å²) in [4.78, 5) is 10.5. The molecular formula is C12H15ClO4. The van der Waals surface area contributed by atoms with Gasteiger partial charge in [-0.1, -0.05) is 6.07 Å². The molecule has 17 heavy (non-hydrogen) atoms. The number of hydrogen-bond acceptors (Lipinski definition) is 3. The van der Waals surface area contributed by atoms with E-state index in [0.29, 0.717) is 17.9 Å². The van der Waals surface area contributed by atoms with Gasteiger partial charge in [0.15, 0.2) is 0 Å². The fourth-order valence-electron chi connectivity index (χ4n) is 1.48. The van der Waals surface area contributed by atoms with Gasteiger partial charge in [-0.3, -0.25) is 4.79 Å². The second-order valence-corrected chi connectivity index (χ2v) is 4.03. The number of alkyl halides is 1. The van der Waals surface area contributed by atoms with Gasteiger partial charge < -0.3 is 14.6 Å². The van der Waals surface area contributed by atoms with Crippen LogP contribution in [0.25, 0.3) is 0 Å². The van der Waals surface area contributed by atoms with E-state index in [1.807, 2.05) is 0 Å². The molecule has 0 saturated carbocycles. The zero-order valence-electron chi connectivity index (χ0n) is 9.77. The standard InChI is InChI=1S/C12H15ClO4/c1-16-8-3-4-9(11(7-8)17-2)10(13)5-6-12(14)15/h3-4,7,10H,5-6H2,1-2H3,(H,14,15). The molecule has 4 nitrogen and oxygen atoms in total. The molecular weight excluding hydrogens is 244 g/mol. The molecule has 0 aromatic heterocycles. The Labute approximate surface area is 105 Å². The Morgan fingerprint density at radius 1 is 1.41 bits per heavy atom. The summed E-state index contributed by atoms with van der Waals surface area (Å²) in [5.41, 5.74) is 0.774. The van der Waals surface area contributed by atoms with E-state index in [2.05, 4.69) is 0 Å². The number of carboxylic acids is 1. The van der Waals surface area contributed by atoms with E-state index in [1.54, 1.807) is 32.4 Å². The van der Waals surface area contributed by atoms with Crippen LogP contribution < -0.4 is 9.47 Å². The normalized spacial score (nSPS) is 11.9. The molecule has 0 bridgehead atoms. The molecule has 1 atom stereocenters. The summed E-state index contributed by atoms with van der Waals surface area (Å²) < 4.78 is 10.3. The Kier molecular flexibility index (Phi) is 5.10. The summed E-state index contributed by atoms with van der Waals surface area (Å²) in [6.07, 6.45) is 0.392. The first kappa shape index (κ1) is 13.6. The highest BCUT2D eigenvalue weighted by atomic mass is 35.5. The molecule has 0 aliphatic carbocycles. The van der Waals surface area contributed by atoms with Gasteiger partial charge in [0.1, 0.15) is 11.5 Å². The molecule has 0 aliphatic rings. The SMILES string of the molecule is COc1ccc(C(Cl)CCC(=O)O)c(OC)c1. The molecule has 1 unspecified atom stereocenters. The van der Waals surface area contributed by atoms with Crippen molar-refractivity contribution in [1.29, 1.82) is 0 Å². The second kappa shape index (κ2) is 6.35. The van der Waals surface area contributed by atoms with E-state index in [4.69, 9.17) is 26.2 Å². The lowest BCUT2D eigenvalue weighted by molar-refractivity contribution is -0.137. The Morgan fingerprint density at radius 2 is 2.12 bits per heavy atom. The van der Waals surface area contributed by atoms with Crippen molar-refractivity contribution in [3.05, 3.63) is 23.8 Å². The first-order valence-corrected chi connectivity index (χ1v) is 5.60. The minimum Gasteiger partial charge on any atom is -0.497 e. The predicted octanol–water partition coefficient (Wildman–Crippen LogP) is 2.85. The second-order valence-electron chi connectivity index (χ2n) is 3.51. The van der Waals surface area contributed by atoms with Gasteiger partial charge in [0, 0.05) is 18.1 Å². The molecule has 0 spiro atoms. The van der Waals surface area contributed by atoms with Gasteiger partial charge >= 0.3 is 5.97 Å². The first-order valence-electron chi connectivity index (χ1n) is 5.16. The predicted molar refractivity (Wildman–Crippen MR) is 65.0 cm³/mol. The van der Waals surface area contributed by atoms with Crippen molar-refractivity contribution in [3.63, 3.8) is 0 Å². The monoisotopic (exact) mass is 258 g/mol. The van der Waals surface area contributed by atoms with Crippen molar-refractivity contribution >= 4 is 17.6 Å². The Hall–Kier alpha value is -1.42. The van der Waals surface area contributed by atoms with E-state index in [-0.39, 0.29) is 11.8 Å². The molecule has 1 rings (SSSR count). The van der Waals surface area contributed by atoms with Crippen LogP contribution in [0.15, 0.2) is 18.2 Å². The summed E-state index contributed by atoms with van der Waals surface area (Å²) in [5, 5.41) is 8.23. The number of benzene rings is 1. The van der Waals surface area contributed by atoms with Gasteiger partial charge in [-0.25, -0.2) is 0 Å². The molecule has 0 heterocycles. The number of carbonyl (C=O) groups is 1. The highest BCUT2D eigenvalue weighted by Gasteiger charge is 2.15. The third-order valence-corrected chi connectivity index (χ3v) is 2.84. The van der Waals surface area contributed by atoms with E-state index in [9.17, 15) is 4.79 Å². The number of ether oxygens (including phenoxy) is 2. The van der Waals surface area contributed by atoms with Crippen LogP contribution in [0.4, 0.5) is 0 Å². The van der Waals surface area contributed by atoms with Crippen LogP contribution in [0.5, 0.6) is 11.5 Å². The number of halogens is 1. The highest BCUT2D eigenvalue weighted by Crippen LogP contribution is 2.35. The van der Waals surface area contributed by atoms with Crippen LogP contribution in [0, 0.1) is 0 Å². The van der Waals surface area contributed by atoms with Gasteiger partial charge in [-0.2, -0.15) is 0 Å². The molecule has 0 radical (unpaired) electrons. The van der Waals surface area contributed by atoms with Crippen LogP contribution in [-0.4, -0.2) is 25.3 Å². The zero-order chi connectivity index (χ0) is 12.8. The van der Waals surface area contributed by atoms with Crippen LogP contribution in [-0.2, 0) is 4.79 Å². The zero-order valence-corrected chi connectivity index (χ0v) is 10.5. The average Bonchev–Trinajstić information content (AvgIpc) is 2.34. The minimum absolute atomic E-state index is 0.0311. The molecule has 5 heteroatoms. The van der Waals surface area contributed by atoms with E-state index in [0.717, 1.165) is 5.56 Å². The summed E-state index contributed by atoms with van der Waals surface area (Å²) in [5.74, 6) is 0.422. The van der Waals surface area contributed by atoms with Crippen LogP contribution in [0.2, 0.25) is 0 Å². The molecule has 1 aromatic rings. The number of rotatable bonds is 6. The number of aliphatic carboxylic acids is 1. The van der Waals surface area contributed by atoms with Crippen molar-refractivity contribution in [2.24, 2.45) is 0 Å². The smallest absolute Gasteiger partial charge is 0.303 e. The van der Waals surface area contributed by atoms with Crippen LogP contribution in [0.1, 0.15) is 23.8 Å². The third kappa shape index (κ3) is 3.82. The van der Waals surface area contributed by atoms with Gasteiger partial charge in [-0.15, -0.1) is 11.6 Å². The Balaban J connectivity index is 2.84. The lowest BCUT2D eigenvalue weighted by Crippen LogP contribution is -2.00. The maximum absolute atomic E-state index is 10.5. The fraction of sp³-hybridized carbons (Fsp3) is 0.417. The van der Waals surface area contributed by atoms with Gasteiger partial charge in [-0.05, 0) is 12.5 Å². The first-order chi connectivity index (χ1) is 8.08. The molecule has 1 N–H and O–H groups in total. The summed E-state index contributed by atoms with van der Waals surface area (Å²) in [6, 6.07) is 5.29. The maximum Gasteiger partial charge on any atom is 0.303 e. The largest absolute Gasteiger partial charge is 0.497 e. The lowest BCUT2D eigenvalue weighted by Gasteiger charge is -2.14. The molecule has 0 saturated heterocycles. The van der Waals surface area contributed by atoms with Crippen molar-refractivity contribution in [3.8, 4) is 11.5 Å². The quantitative estimate of drug-likeness (QED) is 0.797. The number of methoxy groups -OCH3 is 2. The van der Waals surface area contributed by atoms with Crippen molar-refractivity contribution in [1.82, 2.24) is 0 Å². The average molecular weight is 259 g/mol. The lowest BCUT2D eigenvalue weighted by atomic mass is 10.1. The van der Waals surface area contributed by atoms with Crippen molar-refractivity contribution in [2.45, 2.75) is 18.2 Å². The number of carboxylic acid groups (broad SMARTS) is 1. The van der Waals surface area contributed by atoms with Crippen LogP contribution >= 0.6 is 11.6 Å². The summed E-state index contributed by atoms with van der Waals surface area (Å²) in [7, 11) is 3.11. The van der Waals surface area contributed by atoms with Gasteiger partial charge in [0.05, 0.1) is 19.6 Å². The van der Waals surface area contributed by atoms with Gasteiger partial charge in [0.25, 0.3) is 0 Å².